The first-order valence-electron chi connectivity index (χ1n) is 9.96. The van der Waals surface area contributed by atoms with Crippen molar-refractivity contribution < 1.29 is 14.3 Å². The molecule has 2 saturated heterocycles. The lowest BCUT2D eigenvalue weighted by Crippen LogP contribution is -2.48. The highest BCUT2D eigenvalue weighted by Gasteiger charge is 2.34. The van der Waals surface area contributed by atoms with Crippen molar-refractivity contribution in [2.45, 2.75) is 32.4 Å². The summed E-state index contributed by atoms with van der Waals surface area (Å²) in [5.41, 5.74) is 0.733. The zero-order valence-electron chi connectivity index (χ0n) is 16.4. The molecule has 1 atom stereocenters. The molecule has 2 aromatic rings. The monoisotopic (exact) mass is 419 g/mol. The van der Waals surface area contributed by atoms with Gasteiger partial charge in [-0.25, -0.2) is 14.3 Å². The average molecular weight is 420 g/mol. The lowest BCUT2D eigenvalue weighted by molar-refractivity contribution is -0.135. The van der Waals surface area contributed by atoms with Crippen LogP contribution in [0.25, 0.3) is 5.65 Å². The first-order valence-corrected chi connectivity index (χ1v) is 11.1. The van der Waals surface area contributed by atoms with E-state index in [0.717, 1.165) is 44.0 Å². The van der Waals surface area contributed by atoms with Gasteiger partial charge in [-0.05, 0) is 26.3 Å². The van der Waals surface area contributed by atoms with Crippen LogP contribution in [0.5, 0.6) is 0 Å². The molecular formula is C19H25N5O4S. The molecule has 2 aromatic heterocycles. The summed E-state index contributed by atoms with van der Waals surface area (Å²) in [6.07, 6.45) is 3.20. The number of carbonyl (C=O) groups excluding carboxylic acids is 2. The van der Waals surface area contributed by atoms with Gasteiger partial charge in [-0.15, -0.1) is 0 Å². The standard InChI is InChI=1S/C19H25N5O4S/c1-2-28-19(27)14-11-20-24-16(25)10-13(21-17(14)24)12-23-5-3-4-15(23)18(26)22-6-8-29-9-7-22/h10-11,15,20H,2-9,12H2,1H3. The van der Waals surface area contributed by atoms with Gasteiger partial charge in [0.2, 0.25) is 5.91 Å². The van der Waals surface area contributed by atoms with Crippen LogP contribution in [0.3, 0.4) is 0 Å². The molecule has 0 saturated carbocycles. The fourth-order valence-corrected chi connectivity index (χ4v) is 4.87. The summed E-state index contributed by atoms with van der Waals surface area (Å²) in [6.45, 7) is 4.75. The van der Waals surface area contributed by atoms with Crippen LogP contribution >= 0.6 is 11.8 Å². The summed E-state index contributed by atoms with van der Waals surface area (Å²) >= 11 is 1.88. The highest BCUT2D eigenvalue weighted by Crippen LogP contribution is 2.23. The van der Waals surface area contributed by atoms with Crippen LogP contribution in [0.15, 0.2) is 17.1 Å². The number of thioether (sulfide) groups is 1. The van der Waals surface area contributed by atoms with Gasteiger partial charge in [0.05, 0.1) is 18.3 Å². The van der Waals surface area contributed by atoms with Crippen molar-refractivity contribution in [1.82, 2.24) is 24.4 Å². The number of nitrogens with zero attached hydrogens (tertiary/aromatic N) is 4. The molecule has 1 amide bonds. The van der Waals surface area contributed by atoms with Crippen molar-refractivity contribution in [3.05, 3.63) is 33.9 Å². The van der Waals surface area contributed by atoms with Crippen LogP contribution in [0.1, 0.15) is 35.8 Å². The number of H-pyrrole nitrogens is 1. The molecule has 4 rings (SSSR count). The van der Waals surface area contributed by atoms with E-state index in [-0.39, 0.29) is 35.3 Å². The largest absolute Gasteiger partial charge is 0.462 e. The van der Waals surface area contributed by atoms with Gasteiger partial charge >= 0.3 is 5.97 Å². The number of nitrogens with one attached hydrogen (secondary N) is 1. The van der Waals surface area contributed by atoms with E-state index in [0.29, 0.717) is 12.2 Å². The predicted molar refractivity (Wildman–Crippen MR) is 109 cm³/mol. The number of likely N-dealkylation sites (tertiary alicyclic amines) is 1. The Hall–Kier alpha value is -2.33. The van der Waals surface area contributed by atoms with Gasteiger partial charge < -0.3 is 9.64 Å². The second-order valence-electron chi connectivity index (χ2n) is 7.22. The Bertz CT molecular complexity index is 965. The minimum atomic E-state index is -0.521. The molecule has 2 aliphatic heterocycles. The van der Waals surface area contributed by atoms with Crippen molar-refractivity contribution in [3.8, 4) is 0 Å². The molecule has 10 heteroatoms. The van der Waals surface area contributed by atoms with Gasteiger partial charge in [-0.3, -0.25) is 19.6 Å². The minimum absolute atomic E-state index is 0.172. The summed E-state index contributed by atoms with van der Waals surface area (Å²) in [7, 11) is 0. The van der Waals surface area contributed by atoms with E-state index in [2.05, 4.69) is 15.0 Å². The fourth-order valence-electron chi connectivity index (χ4n) is 3.97. The normalized spacial score (nSPS) is 20.3. The Morgan fingerprint density at radius 3 is 2.86 bits per heavy atom. The first kappa shape index (κ1) is 20.0. The summed E-state index contributed by atoms with van der Waals surface area (Å²) in [6, 6.07) is 1.28. The topological polar surface area (TPSA) is 100 Å². The van der Waals surface area contributed by atoms with E-state index in [1.807, 2.05) is 16.7 Å². The Labute approximate surface area is 172 Å². The van der Waals surface area contributed by atoms with Crippen molar-refractivity contribution in [3.63, 3.8) is 0 Å². The van der Waals surface area contributed by atoms with Crippen molar-refractivity contribution in [1.29, 1.82) is 0 Å². The molecule has 156 valence electrons. The third-order valence-electron chi connectivity index (χ3n) is 5.38. The number of amides is 1. The molecule has 2 aliphatic rings. The minimum Gasteiger partial charge on any atom is -0.462 e. The molecule has 0 spiro atoms. The van der Waals surface area contributed by atoms with E-state index in [4.69, 9.17) is 4.74 Å². The summed E-state index contributed by atoms with van der Waals surface area (Å²) < 4.78 is 6.28. The first-order chi connectivity index (χ1) is 14.1. The number of hydrogen-bond acceptors (Lipinski definition) is 7. The molecule has 0 bridgehead atoms. The Balaban J connectivity index is 1.56. The molecule has 0 aromatic carbocycles. The van der Waals surface area contributed by atoms with E-state index >= 15 is 0 Å². The number of esters is 1. The SMILES string of the molecule is CCOC(=O)c1c[nH]n2c(=O)cc(CN3CCCC3C(=O)N3CCSCC3)nc12. The van der Waals surface area contributed by atoms with E-state index < -0.39 is 5.97 Å². The van der Waals surface area contributed by atoms with Crippen LogP contribution in [-0.2, 0) is 16.1 Å². The number of carbonyl (C=O) groups is 2. The third kappa shape index (κ3) is 4.04. The summed E-state index contributed by atoms with van der Waals surface area (Å²) in [4.78, 5) is 46.2. The second-order valence-corrected chi connectivity index (χ2v) is 8.44. The number of aromatic nitrogens is 3. The van der Waals surface area contributed by atoms with Crippen LogP contribution in [0.2, 0.25) is 0 Å². The maximum atomic E-state index is 13.0. The predicted octanol–water partition coefficient (Wildman–Crippen LogP) is 0.739. The number of ether oxygens (including phenoxy) is 1. The van der Waals surface area contributed by atoms with Gasteiger partial charge in [0.25, 0.3) is 5.56 Å². The van der Waals surface area contributed by atoms with E-state index in [1.54, 1.807) is 6.92 Å². The number of rotatable bonds is 5. The molecule has 1 unspecified atom stereocenters. The highest BCUT2D eigenvalue weighted by molar-refractivity contribution is 7.99. The number of aromatic amines is 1. The number of hydrogen-bond donors (Lipinski definition) is 1. The maximum absolute atomic E-state index is 13.0. The lowest BCUT2D eigenvalue weighted by Gasteiger charge is -2.32. The maximum Gasteiger partial charge on any atom is 0.343 e. The van der Waals surface area contributed by atoms with Crippen LogP contribution in [0.4, 0.5) is 0 Å². The van der Waals surface area contributed by atoms with Gasteiger partial charge in [-0.1, -0.05) is 0 Å². The van der Waals surface area contributed by atoms with Crippen LogP contribution in [0, 0.1) is 0 Å². The van der Waals surface area contributed by atoms with Gasteiger partial charge in [0.15, 0.2) is 5.65 Å². The van der Waals surface area contributed by atoms with E-state index in [1.165, 1.54) is 16.8 Å². The Morgan fingerprint density at radius 2 is 2.10 bits per heavy atom. The number of fused-ring (bicyclic) bond motifs is 1. The van der Waals surface area contributed by atoms with Crippen molar-refractivity contribution in [2.24, 2.45) is 0 Å². The Kier molecular flexibility index (Phi) is 5.91. The fraction of sp³-hybridized carbons (Fsp3) is 0.579. The highest BCUT2D eigenvalue weighted by atomic mass is 32.2. The second kappa shape index (κ2) is 8.58. The summed E-state index contributed by atoms with van der Waals surface area (Å²) in [5, 5.41) is 2.75. The smallest absolute Gasteiger partial charge is 0.343 e. The van der Waals surface area contributed by atoms with Crippen molar-refractivity contribution in [2.75, 3.05) is 37.7 Å². The lowest BCUT2D eigenvalue weighted by atomic mass is 10.2. The average Bonchev–Trinajstić information content (AvgIpc) is 3.35. The van der Waals surface area contributed by atoms with Gasteiger partial charge in [0, 0.05) is 43.4 Å². The molecule has 0 aliphatic carbocycles. The zero-order valence-corrected chi connectivity index (χ0v) is 17.2. The molecule has 29 heavy (non-hydrogen) atoms. The molecule has 0 radical (unpaired) electrons. The van der Waals surface area contributed by atoms with Crippen LogP contribution < -0.4 is 5.56 Å². The third-order valence-corrected chi connectivity index (χ3v) is 6.33. The van der Waals surface area contributed by atoms with Gasteiger partial charge in [-0.2, -0.15) is 11.8 Å². The molecule has 9 nitrogen and oxygen atoms in total. The molecule has 1 N–H and O–H groups in total. The summed E-state index contributed by atoms with van der Waals surface area (Å²) in [5.74, 6) is 1.62. The molecule has 2 fully saturated rings. The molecule has 4 heterocycles. The van der Waals surface area contributed by atoms with E-state index in [9.17, 15) is 14.4 Å². The van der Waals surface area contributed by atoms with Gasteiger partial charge in [0.1, 0.15) is 5.56 Å². The quantitative estimate of drug-likeness (QED) is 0.714. The Morgan fingerprint density at radius 1 is 1.31 bits per heavy atom. The van der Waals surface area contributed by atoms with Crippen molar-refractivity contribution >= 4 is 29.3 Å². The molecular weight excluding hydrogens is 394 g/mol. The van der Waals surface area contributed by atoms with Crippen LogP contribution in [-0.4, -0.2) is 80.1 Å². The zero-order chi connectivity index (χ0) is 20.4.